The summed E-state index contributed by atoms with van der Waals surface area (Å²) >= 11 is 0. The number of aromatic nitrogens is 1. The van der Waals surface area contributed by atoms with Gasteiger partial charge >= 0.3 is 6.09 Å². The van der Waals surface area contributed by atoms with Gasteiger partial charge in [-0.2, -0.15) is 0 Å². The summed E-state index contributed by atoms with van der Waals surface area (Å²) in [7, 11) is 2.18. The number of amides is 1. The highest BCUT2D eigenvalue weighted by atomic mass is 16.6. The van der Waals surface area contributed by atoms with E-state index >= 15 is 0 Å². The van der Waals surface area contributed by atoms with E-state index in [1.165, 1.54) is 19.3 Å². The second-order valence-electron chi connectivity index (χ2n) is 9.05. The van der Waals surface area contributed by atoms with Crippen LogP contribution in [-0.4, -0.2) is 41.2 Å². The van der Waals surface area contributed by atoms with Crippen molar-refractivity contribution in [2.45, 2.75) is 89.8 Å². The molecule has 0 unspecified atom stereocenters. The van der Waals surface area contributed by atoms with E-state index in [0.717, 1.165) is 50.0 Å². The van der Waals surface area contributed by atoms with Gasteiger partial charge in [0.05, 0.1) is 0 Å². The maximum absolute atomic E-state index is 13.2. The molecule has 150 valence electrons. The lowest BCUT2D eigenvalue weighted by Gasteiger charge is -2.38. The van der Waals surface area contributed by atoms with E-state index < -0.39 is 5.60 Å². The number of piperidine rings is 1. The zero-order chi connectivity index (χ0) is 19.4. The first-order valence-electron chi connectivity index (χ1n) is 10.5. The molecule has 5 heteroatoms. The third kappa shape index (κ3) is 5.01. The van der Waals surface area contributed by atoms with Crippen molar-refractivity contribution in [3.05, 3.63) is 23.9 Å². The minimum atomic E-state index is -0.513. The van der Waals surface area contributed by atoms with Crippen molar-refractivity contribution >= 4 is 11.9 Å². The van der Waals surface area contributed by atoms with Crippen LogP contribution in [-0.2, 0) is 4.74 Å². The first-order chi connectivity index (χ1) is 12.9. The van der Waals surface area contributed by atoms with Gasteiger partial charge in [0.15, 0.2) is 0 Å². The fourth-order valence-corrected chi connectivity index (χ4v) is 4.40. The standard InChI is InChI=1S/C22H35N3O2/c1-22(2,3)27-21(26)25(17-11-6-5-7-12-17)20-18(13-10-15-23-20)19-14-8-9-16-24(19)4/h10,13,15,17,19H,5-9,11-12,14,16H2,1-4H3/t19-/m0/s1. The molecule has 0 radical (unpaired) electrons. The van der Waals surface area contributed by atoms with Crippen LogP contribution in [0.15, 0.2) is 18.3 Å². The number of hydrogen-bond donors (Lipinski definition) is 0. The van der Waals surface area contributed by atoms with Gasteiger partial charge in [0.1, 0.15) is 11.4 Å². The van der Waals surface area contributed by atoms with Gasteiger partial charge in [0.25, 0.3) is 0 Å². The predicted molar refractivity (Wildman–Crippen MR) is 109 cm³/mol. The number of likely N-dealkylation sites (tertiary alicyclic amines) is 1. The second kappa shape index (κ2) is 8.59. The van der Waals surface area contributed by atoms with E-state index in [2.05, 4.69) is 18.0 Å². The molecule has 0 N–H and O–H groups in total. The van der Waals surface area contributed by atoms with Gasteiger partial charge < -0.3 is 4.74 Å². The minimum absolute atomic E-state index is 0.177. The number of rotatable bonds is 3. The molecular weight excluding hydrogens is 338 g/mol. The molecule has 5 nitrogen and oxygen atoms in total. The Morgan fingerprint density at radius 1 is 1.15 bits per heavy atom. The van der Waals surface area contributed by atoms with Crippen LogP contribution in [0.4, 0.5) is 10.6 Å². The Hall–Kier alpha value is -1.62. The SMILES string of the molecule is CN1CCCC[C@H]1c1cccnc1N(C(=O)OC(C)(C)C)C1CCCCC1. The second-order valence-corrected chi connectivity index (χ2v) is 9.05. The Labute approximate surface area is 164 Å². The molecule has 0 bridgehead atoms. The molecule has 1 saturated heterocycles. The van der Waals surface area contributed by atoms with Gasteiger partial charge in [-0.3, -0.25) is 9.80 Å². The summed E-state index contributed by atoms with van der Waals surface area (Å²) in [5, 5.41) is 0. The number of nitrogens with zero attached hydrogens (tertiary/aromatic N) is 3. The van der Waals surface area contributed by atoms with E-state index in [0.29, 0.717) is 6.04 Å². The van der Waals surface area contributed by atoms with Crippen LogP contribution in [0, 0.1) is 0 Å². The molecule has 1 atom stereocenters. The molecule has 27 heavy (non-hydrogen) atoms. The lowest BCUT2D eigenvalue weighted by molar-refractivity contribution is 0.0555. The van der Waals surface area contributed by atoms with Gasteiger partial charge in [-0.15, -0.1) is 0 Å². The van der Waals surface area contributed by atoms with Crippen LogP contribution in [0.2, 0.25) is 0 Å². The van der Waals surface area contributed by atoms with E-state index in [9.17, 15) is 4.79 Å². The number of pyridine rings is 1. The highest BCUT2D eigenvalue weighted by molar-refractivity contribution is 5.88. The van der Waals surface area contributed by atoms with Crippen molar-refractivity contribution in [2.75, 3.05) is 18.5 Å². The van der Waals surface area contributed by atoms with Gasteiger partial charge in [-0.05, 0) is 66.1 Å². The molecule has 3 rings (SSSR count). The molecule has 1 aliphatic heterocycles. The fraction of sp³-hybridized carbons (Fsp3) is 0.727. The summed E-state index contributed by atoms with van der Waals surface area (Å²) in [5.74, 6) is 0.803. The summed E-state index contributed by atoms with van der Waals surface area (Å²) < 4.78 is 5.81. The Morgan fingerprint density at radius 2 is 1.85 bits per heavy atom. The summed E-state index contributed by atoms with van der Waals surface area (Å²) in [5.41, 5.74) is 0.650. The highest BCUT2D eigenvalue weighted by Crippen LogP contribution is 2.37. The third-order valence-electron chi connectivity index (χ3n) is 5.70. The first kappa shape index (κ1) is 20.1. The molecule has 2 aliphatic rings. The molecule has 0 aromatic carbocycles. The van der Waals surface area contributed by atoms with Crippen LogP contribution in [0.3, 0.4) is 0 Å². The Balaban J connectivity index is 1.97. The van der Waals surface area contributed by atoms with E-state index in [-0.39, 0.29) is 12.1 Å². The van der Waals surface area contributed by atoms with Gasteiger partial charge in [-0.1, -0.05) is 31.7 Å². The molecule has 1 amide bonds. The normalized spacial score (nSPS) is 22.4. The maximum atomic E-state index is 13.2. The molecule has 1 aromatic heterocycles. The summed E-state index contributed by atoms with van der Waals surface area (Å²) in [6.45, 7) is 6.88. The average molecular weight is 374 g/mol. The van der Waals surface area contributed by atoms with Gasteiger partial charge in [0.2, 0.25) is 0 Å². The Kier molecular flexibility index (Phi) is 6.40. The molecule has 2 fully saturated rings. The van der Waals surface area contributed by atoms with Crippen molar-refractivity contribution < 1.29 is 9.53 Å². The zero-order valence-electron chi connectivity index (χ0n) is 17.4. The lowest BCUT2D eigenvalue weighted by Crippen LogP contribution is -2.46. The van der Waals surface area contributed by atoms with Crippen molar-refractivity contribution in [1.82, 2.24) is 9.88 Å². The van der Waals surface area contributed by atoms with Crippen LogP contribution in [0.1, 0.15) is 83.7 Å². The van der Waals surface area contributed by atoms with Crippen molar-refractivity contribution in [3.8, 4) is 0 Å². The quantitative estimate of drug-likeness (QED) is 0.720. The van der Waals surface area contributed by atoms with Crippen molar-refractivity contribution in [1.29, 1.82) is 0 Å². The molecule has 1 aromatic rings. The predicted octanol–water partition coefficient (Wildman–Crippen LogP) is 5.31. The largest absolute Gasteiger partial charge is 0.443 e. The average Bonchev–Trinajstić information content (AvgIpc) is 2.62. The van der Waals surface area contributed by atoms with Gasteiger partial charge in [0, 0.05) is 23.8 Å². The smallest absolute Gasteiger partial charge is 0.416 e. The molecule has 1 aliphatic carbocycles. The van der Waals surface area contributed by atoms with Crippen LogP contribution >= 0.6 is 0 Å². The first-order valence-corrected chi connectivity index (χ1v) is 10.5. The maximum Gasteiger partial charge on any atom is 0.416 e. The topological polar surface area (TPSA) is 45.7 Å². The molecular formula is C22H35N3O2. The summed E-state index contributed by atoms with van der Waals surface area (Å²) in [6.07, 6.45) is 10.7. The Bertz CT molecular complexity index is 635. The number of hydrogen-bond acceptors (Lipinski definition) is 4. The summed E-state index contributed by atoms with van der Waals surface area (Å²) in [6, 6.07) is 4.64. The number of carbonyl (C=O) groups is 1. The fourth-order valence-electron chi connectivity index (χ4n) is 4.40. The third-order valence-corrected chi connectivity index (χ3v) is 5.70. The van der Waals surface area contributed by atoms with Crippen LogP contribution in [0.25, 0.3) is 0 Å². The monoisotopic (exact) mass is 373 g/mol. The van der Waals surface area contributed by atoms with E-state index in [1.807, 2.05) is 37.9 Å². The highest BCUT2D eigenvalue weighted by Gasteiger charge is 2.35. The zero-order valence-corrected chi connectivity index (χ0v) is 17.4. The molecule has 1 saturated carbocycles. The summed E-state index contributed by atoms with van der Waals surface area (Å²) in [4.78, 5) is 22.2. The number of carbonyl (C=O) groups excluding carboxylic acids is 1. The van der Waals surface area contributed by atoms with E-state index in [1.54, 1.807) is 0 Å². The van der Waals surface area contributed by atoms with Crippen molar-refractivity contribution in [2.24, 2.45) is 0 Å². The van der Waals surface area contributed by atoms with Crippen molar-refractivity contribution in [3.63, 3.8) is 0 Å². The number of ether oxygens (including phenoxy) is 1. The van der Waals surface area contributed by atoms with Gasteiger partial charge in [-0.25, -0.2) is 9.78 Å². The van der Waals surface area contributed by atoms with E-state index in [4.69, 9.17) is 9.72 Å². The Morgan fingerprint density at radius 3 is 2.52 bits per heavy atom. The van der Waals surface area contributed by atoms with Crippen LogP contribution in [0.5, 0.6) is 0 Å². The lowest BCUT2D eigenvalue weighted by atomic mass is 9.92. The number of anilines is 1. The van der Waals surface area contributed by atoms with Crippen LogP contribution < -0.4 is 4.90 Å². The molecule has 2 heterocycles. The minimum Gasteiger partial charge on any atom is -0.443 e. The molecule has 0 spiro atoms.